The molecule has 0 aliphatic heterocycles. The largest absolute Gasteiger partial charge is 0.407 e. The van der Waals surface area contributed by atoms with Gasteiger partial charge in [-0.15, -0.1) is 5.10 Å². The number of anilines is 1. The third-order valence-corrected chi connectivity index (χ3v) is 6.39. The van der Waals surface area contributed by atoms with Gasteiger partial charge >= 0.3 is 6.01 Å². The van der Waals surface area contributed by atoms with Crippen LogP contribution in [0.25, 0.3) is 0 Å². The average molecular weight is 421 g/mol. The van der Waals surface area contributed by atoms with Gasteiger partial charge in [0.2, 0.25) is 5.89 Å². The Bertz CT molecular complexity index is 1200. The van der Waals surface area contributed by atoms with E-state index in [0.717, 1.165) is 6.26 Å². The van der Waals surface area contributed by atoms with Crippen molar-refractivity contribution in [3.8, 4) is 0 Å². The van der Waals surface area contributed by atoms with Crippen LogP contribution < -0.4 is 5.32 Å². The SMILES string of the molecule is CS(=O)(=O)c1ccc(C(=O)Nc2nnc(CS(=O)(=O)c3ccccc3)o2)cc1. The van der Waals surface area contributed by atoms with E-state index in [-0.39, 0.29) is 27.3 Å². The van der Waals surface area contributed by atoms with Crippen molar-refractivity contribution in [2.24, 2.45) is 0 Å². The van der Waals surface area contributed by atoms with Crippen molar-refractivity contribution in [3.63, 3.8) is 0 Å². The first-order valence-corrected chi connectivity index (χ1v) is 11.4. The maximum atomic E-state index is 12.3. The van der Waals surface area contributed by atoms with Crippen molar-refractivity contribution in [3.05, 3.63) is 66.1 Å². The molecule has 0 spiro atoms. The minimum atomic E-state index is -3.67. The summed E-state index contributed by atoms with van der Waals surface area (Å²) in [6.07, 6.45) is 1.06. The molecule has 1 heterocycles. The Kier molecular flexibility index (Phi) is 5.29. The number of sulfone groups is 2. The molecule has 0 bridgehead atoms. The lowest BCUT2D eigenvalue weighted by Gasteiger charge is -2.02. The summed E-state index contributed by atoms with van der Waals surface area (Å²) in [7, 11) is -7.04. The smallest absolute Gasteiger partial charge is 0.322 e. The molecule has 0 atom stereocenters. The average Bonchev–Trinajstić information content (AvgIpc) is 3.08. The van der Waals surface area contributed by atoms with Crippen LogP contribution in [-0.4, -0.2) is 39.2 Å². The van der Waals surface area contributed by atoms with E-state index in [4.69, 9.17) is 4.42 Å². The third-order valence-electron chi connectivity index (χ3n) is 3.65. The second kappa shape index (κ2) is 7.52. The molecule has 0 saturated carbocycles. The summed E-state index contributed by atoms with van der Waals surface area (Å²) in [6, 6.07) is 12.8. The first kappa shape index (κ1) is 19.7. The van der Waals surface area contributed by atoms with Crippen LogP contribution in [0.5, 0.6) is 0 Å². The zero-order chi connectivity index (χ0) is 20.4. The number of nitrogens with one attached hydrogen (secondary N) is 1. The van der Waals surface area contributed by atoms with Gasteiger partial charge in [-0.25, -0.2) is 16.8 Å². The molecule has 3 aromatic rings. The van der Waals surface area contributed by atoms with Crippen molar-refractivity contribution < 1.29 is 26.0 Å². The van der Waals surface area contributed by atoms with Crippen LogP contribution in [0.3, 0.4) is 0 Å². The van der Waals surface area contributed by atoms with Gasteiger partial charge in [0.25, 0.3) is 5.91 Å². The van der Waals surface area contributed by atoms with Crippen LogP contribution in [0.1, 0.15) is 16.2 Å². The number of nitrogens with zero attached hydrogens (tertiary/aromatic N) is 2. The van der Waals surface area contributed by atoms with E-state index in [2.05, 4.69) is 15.5 Å². The molecule has 0 fully saturated rings. The van der Waals surface area contributed by atoms with Crippen LogP contribution in [-0.2, 0) is 25.4 Å². The van der Waals surface area contributed by atoms with Gasteiger partial charge in [0.05, 0.1) is 9.79 Å². The first-order valence-electron chi connectivity index (χ1n) is 7.87. The molecule has 0 unspecified atom stereocenters. The van der Waals surface area contributed by atoms with Gasteiger partial charge in [0.15, 0.2) is 19.7 Å². The van der Waals surface area contributed by atoms with Gasteiger partial charge in [-0.05, 0) is 36.4 Å². The molecule has 0 saturated heterocycles. The number of rotatable bonds is 6. The maximum absolute atomic E-state index is 12.3. The summed E-state index contributed by atoms with van der Waals surface area (Å²) in [6.45, 7) is 0. The number of amides is 1. The zero-order valence-corrected chi connectivity index (χ0v) is 16.2. The Morgan fingerprint density at radius 2 is 1.57 bits per heavy atom. The molecule has 0 aliphatic carbocycles. The second-order valence-electron chi connectivity index (χ2n) is 5.82. The molecule has 28 heavy (non-hydrogen) atoms. The Labute approximate surface area is 161 Å². The predicted molar refractivity (Wildman–Crippen MR) is 99.1 cm³/mol. The molecule has 146 valence electrons. The van der Waals surface area contributed by atoms with E-state index in [1.54, 1.807) is 18.2 Å². The Hall–Kier alpha value is -3.05. The fourth-order valence-corrected chi connectivity index (χ4v) is 4.07. The maximum Gasteiger partial charge on any atom is 0.322 e. The van der Waals surface area contributed by atoms with Gasteiger partial charge in [-0.1, -0.05) is 23.3 Å². The van der Waals surface area contributed by atoms with E-state index in [0.29, 0.717) is 0 Å². The normalized spacial score (nSPS) is 11.9. The fraction of sp³-hybridized carbons (Fsp3) is 0.118. The van der Waals surface area contributed by atoms with Gasteiger partial charge in [-0.2, -0.15) is 0 Å². The van der Waals surface area contributed by atoms with E-state index in [1.807, 2.05) is 0 Å². The monoisotopic (exact) mass is 421 g/mol. The highest BCUT2D eigenvalue weighted by atomic mass is 32.2. The van der Waals surface area contributed by atoms with Crippen molar-refractivity contribution in [1.29, 1.82) is 0 Å². The summed E-state index contributed by atoms with van der Waals surface area (Å²) in [4.78, 5) is 12.4. The van der Waals surface area contributed by atoms with Crippen molar-refractivity contribution in [2.45, 2.75) is 15.5 Å². The number of hydrogen-bond donors (Lipinski definition) is 1. The van der Waals surface area contributed by atoms with Crippen LogP contribution in [0, 0.1) is 0 Å². The molecule has 1 aromatic heterocycles. The summed E-state index contributed by atoms with van der Waals surface area (Å²) < 4.78 is 52.7. The van der Waals surface area contributed by atoms with Gasteiger partial charge in [-0.3, -0.25) is 10.1 Å². The minimum Gasteiger partial charge on any atom is -0.407 e. The molecule has 1 N–H and O–H groups in total. The highest BCUT2D eigenvalue weighted by molar-refractivity contribution is 7.91. The van der Waals surface area contributed by atoms with Crippen molar-refractivity contribution in [2.75, 3.05) is 11.6 Å². The van der Waals surface area contributed by atoms with E-state index in [1.165, 1.54) is 36.4 Å². The second-order valence-corrected chi connectivity index (χ2v) is 9.83. The quantitative estimate of drug-likeness (QED) is 0.635. The minimum absolute atomic E-state index is 0.0789. The summed E-state index contributed by atoms with van der Waals surface area (Å²) in [5.74, 6) is -1.30. The van der Waals surface area contributed by atoms with Crippen molar-refractivity contribution in [1.82, 2.24) is 10.2 Å². The first-order chi connectivity index (χ1) is 13.1. The molecule has 1 amide bonds. The third kappa shape index (κ3) is 4.61. The highest BCUT2D eigenvalue weighted by Gasteiger charge is 2.20. The van der Waals surface area contributed by atoms with Crippen LogP contribution in [0.2, 0.25) is 0 Å². The molecule has 3 rings (SSSR count). The molecular weight excluding hydrogens is 406 g/mol. The van der Waals surface area contributed by atoms with Crippen LogP contribution >= 0.6 is 0 Å². The number of carbonyl (C=O) groups is 1. The summed E-state index contributed by atoms with van der Waals surface area (Å²) in [5.41, 5.74) is 0.170. The van der Waals surface area contributed by atoms with E-state index in [9.17, 15) is 21.6 Å². The lowest BCUT2D eigenvalue weighted by Crippen LogP contribution is -2.12. The van der Waals surface area contributed by atoms with Crippen molar-refractivity contribution >= 4 is 31.6 Å². The summed E-state index contributed by atoms with van der Waals surface area (Å²) in [5, 5.41) is 9.58. The standard InChI is InChI=1S/C17H15N3O6S2/c1-27(22,23)13-9-7-12(8-10-13)16(21)18-17-20-19-15(26-17)11-28(24,25)14-5-3-2-4-6-14/h2-10H,11H2,1H3,(H,18,20,21). The fourth-order valence-electron chi connectivity index (χ4n) is 2.26. The molecular formula is C17H15N3O6S2. The van der Waals surface area contributed by atoms with Crippen LogP contribution in [0.4, 0.5) is 6.01 Å². The zero-order valence-electron chi connectivity index (χ0n) is 14.6. The summed E-state index contributed by atoms with van der Waals surface area (Å²) >= 11 is 0. The molecule has 11 heteroatoms. The molecule has 0 radical (unpaired) electrons. The number of carbonyl (C=O) groups excluding carboxylic acids is 1. The van der Waals surface area contributed by atoms with Gasteiger partial charge in [0, 0.05) is 11.8 Å². The number of benzene rings is 2. The molecule has 9 nitrogen and oxygen atoms in total. The molecule has 0 aliphatic rings. The lowest BCUT2D eigenvalue weighted by atomic mass is 10.2. The van der Waals surface area contributed by atoms with E-state index >= 15 is 0 Å². The highest BCUT2D eigenvalue weighted by Crippen LogP contribution is 2.17. The Morgan fingerprint density at radius 3 is 2.18 bits per heavy atom. The lowest BCUT2D eigenvalue weighted by molar-refractivity contribution is 0.102. The van der Waals surface area contributed by atoms with Crippen LogP contribution in [0.15, 0.2) is 68.8 Å². The van der Waals surface area contributed by atoms with Gasteiger partial charge in [0.1, 0.15) is 5.75 Å². The number of aromatic nitrogens is 2. The Balaban J connectivity index is 1.70. The van der Waals surface area contributed by atoms with Gasteiger partial charge < -0.3 is 4.42 Å². The van der Waals surface area contributed by atoms with E-state index < -0.39 is 31.3 Å². The topological polar surface area (TPSA) is 136 Å². The predicted octanol–water partition coefficient (Wildman–Crippen LogP) is 1.70. The molecule has 2 aromatic carbocycles. The number of hydrogen-bond acceptors (Lipinski definition) is 8. The Morgan fingerprint density at radius 1 is 0.929 bits per heavy atom.